The lowest BCUT2D eigenvalue weighted by molar-refractivity contribution is 0.0595. The van der Waals surface area contributed by atoms with Gasteiger partial charge in [0.25, 0.3) is 0 Å². The molecule has 0 aromatic carbocycles. The quantitative estimate of drug-likeness (QED) is 0.798. The van der Waals surface area contributed by atoms with Crippen LogP contribution in [0.1, 0.15) is 43.0 Å². The Hall–Kier alpha value is -1.52. The maximum Gasteiger partial charge on any atom is 0.360 e. The van der Waals surface area contributed by atoms with Gasteiger partial charge < -0.3 is 15.0 Å². The molecule has 1 aromatic rings. The molecular formula is C12H21N3O2. The number of imidazole rings is 1. The Bertz CT molecular complexity index is 395. The van der Waals surface area contributed by atoms with Crippen molar-refractivity contribution < 1.29 is 9.53 Å². The van der Waals surface area contributed by atoms with E-state index in [-0.39, 0.29) is 5.69 Å². The van der Waals surface area contributed by atoms with Gasteiger partial charge in [-0.1, -0.05) is 26.7 Å². The number of aryl methyl sites for hydroxylation is 1. The van der Waals surface area contributed by atoms with Gasteiger partial charge in [0.1, 0.15) is 11.6 Å². The minimum absolute atomic E-state index is 0.218. The van der Waals surface area contributed by atoms with E-state index in [4.69, 9.17) is 5.73 Å². The fraction of sp³-hybridized carbons (Fsp3) is 0.667. The molecule has 0 atom stereocenters. The molecule has 0 fully saturated rings. The van der Waals surface area contributed by atoms with Crippen LogP contribution in [0, 0.1) is 12.8 Å². The van der Waals surface area contributed by atoms with E-state index in [1.165, 1.54) is 7.11 Å². The number of carbonyl (C=O) groups excluding carboxylic acids is 1. The van der Waals surface area contributed by atoms with E-state index in [2.05, 4.69) is 23.6 Å². The van der Waals surface area contributed by atoms with Crippen LogP contribution in [-0.2, 0) is 11.3 Å². The number of nitrogens with zero attached hydrogens (tertiary/aromatic N) is 2. The van der Waals surface area contributed by atoms with Gasteiger partial charge in [-0.25, -0.2) is 9.78 Å². The van der Waals surface area contributed by atoms with Crippen molar-refractivity contribution in [1.82, 2.24) is 9.55 Å². The average molecular weight is 239 g/mol. The van der Waals surface area contributed by atoms with Crippen LogP contribution < -0.4 is 5.73 Å². The largest absolute Gasteiger partial charge is 0.464 e. The van der Waals surface area contributed by atoms with Crippen LogP contribution >= 0.6 is 0 Å². The van der Waals surface area contributed by atoms with E-state index in [0.29, 0.717) is 11.7 Å². The van der Waals surface area contributed by atoms with Crippen LogP contribution in [0.15, 0.2) is 0 Å². The molecule has 0 unspecified atom stereocenters. The Morgan fingerprint density at radius 3 is 2.53 bits per heavy atom. The van der Waals surface area contributed by atoms with Crippen molar-refractivity contribution >= 4 is 11.8 Å². The van der Waals surface area contributed by atoms with Gasteiger partial charge in [0.2, 0.25) is 0 Å². The van der Waals surface area contributed by atoms with Gasteiger partial charge in [0.15, 0.2) is 5.69 Å². The molecule has 0 saturated carbocycles. The summed E-state index contributed by atoms with van der Waals surface area (Å²) in [5, 5.41) is 0. The highest BCUT2D eigenvalue weighted by Crippen LogP contribution is 2.19. The summed E-state index contributed by atoms with van der Waals surface area (Å²) in [7, 11) is 1.33. The molecular weight excluding hydrogens is 218 g/mol. The summed E-state index contributed by atoms with van der Waals surface area (Å²) in [6.45, 7) is 6.95. The molecule has 17 heavy (non-hydrogen) atoms. The van der Waals surface area contributed by atoms with Gasteiger partial charge in [0, 0.05) is 6.54 Å². The predicted molar refractivity (Wildman–Crippen MR) is 66.8 cm³/mol. The number of anilines is 1. The number of ether oxygens (including phenoxy) is 1. The number of hydrogen-bond donors (Lipinski definition) is 1. The summed E-state index contributed by atoms with van der Waals surface area (Å²) in [5.41, 5.74) is 6.16. The molecule has 2 N–H and O–H groups in total. The van der Waals surface area contributed by atoms with E-state index in [1.54, 1.807) is 0 Å². The minimum Gasteiger partial charge on any atom is -0.464 e. The first-order valence-corrected chi connectivity index (χ1v) is 5.95. The molecule has 1 aromatic heterocycles. The number of nitrogens with two attached hydrogens (primary N) is 1. The van der Waals surface area contributed by atoms with Gasteiger partial charge in [-0.2, -0.15) is 0 Å². The van der Waals surface area contributed by atoms with Crippen molar-refractivity contribution in [3.8, 4) is 0 Å². The molecule has 0 amide bonds. The number of esters is 1. The van der Waals surface area contributed by atoms with E-state index >= 15 is 0 Å². The number of carbonyl (C=O) groups is 1. The highest BCUT2D eigenvalue weighted by molar-refractivity contribution is 5.92. The summed E-state index contributed by atoms with van der Waals surface area (Å²) < 4.78 is 6.54. The molecule has 0 radical (unpaired) electrons. The molecule has 0 aliphatic carbocycles. The summed E-state index contributed by atoms with van der Waals surface area (Å²) in [4.78, 5) is 15.6. The van der Waals surface area contributed by atoms with Crippen LogP contribution in [-0.4, -0.2) is 22.6 Å². The zero-order valence-corrected chi connectivity index (χ0v) is 11.0. The maximum absolute atomic E-state index is 11.4. The molecule has 96 valence electrons. The number of rotatable bonds is 5. The van der Waals surface area contributed by atoms with Gasteiger partial charge in [-0.15, -0.1) is 0 Å². The first-order chi connectivity index (χ1) is 8.04. The van der Waals surface area contributed by atoms with Crippen LogP contribution in [0.25, 0.3) is 0 Å². The molecule has 0 bridgehead atoms. The van der Waals surface area contributed by atoms with E-state index < -0.39 is 5.97 Å². The fourth-order valence-electron chi connectivity index (χ4n) is 1.86. The summed E-state index contributed by atoms with van der Waals surface area (Å²) in [6.07, 6.45) is 2.17. The third-order valence-electron chi connectivity index (χ3n) is 3.17. The van der Waals surface area contributed by atoms with E-state index in [9.17, 15) is 4.79 Å². The number of nitrogen functional groups attached to an aromatic ring is 1. The zero-order chi connectivity index (χ0) is 13.0. The van der Waals surface area contributed by atoms with Gasteiger partial charge in [-0.05, 0) is 12.8 Å². The second-order valence-electron chi connectivity index (χ2n) is 4.18. The van der Waals surface area contributed by atoms with Crippen LogP contribution in [0.3, 0.4) is 0 Å². The molecule has 1 heterocycles. The van der Waals surface area contributed by atoms with Crippen molar-refractivity contribution in [2.45, 2.75) is 40.2 Å². The van der Waals surface area contributed by atoms with Gasteiger partial charge in [0.05, 0.1) is 7.11 Å². The molecule has 0 saturated heterocycles. The Morgan fingerprint density at radius 2 is 2.06 bits per heavy atom. The molecule has 5 nitrogen and oxygen atoms in total. The van der Waals surface area contributed by atoms with Crippen molar-refractivity contribution in [2.24, 2.45) is 5.92 Å². The summed E-state index contributed by atoms with van der Waals surface area (Å²) >= 11 is 0. The normalized spacial score (nSPS) is 10.9. The number of hydrogen-bond acceptors (Lipinski definition) is 4. The first kappa shape index (κ1) is 13.5. The lowest BCUT2D eigenvalue weighted by Crippen LogP contribution is -2.14. The second-order valence-corrected chi connectivity index (χ2v) is 4.18. The Kier molecular flexibility index (Phi) is 4.54. The Balaban J connectivity index is 3.01. The topological polar surface area (TPSA) is 70.1 Å². The van der Waals surface area contributed by atoms with E-state index in [0.717, 1.165) is 25.2 Å². The standard InChI is InChI=1S/C12H21N3O2/c1-5-9(6-2)7-15-8(3)14-10(11(15)13)12(16)17-4/h9H,5-7,13H2,1-4H3. The van der Waals surface area contributed by atoms with Crippen LogP contribution in [0.2, 0.25) is 0 Å². The molecule has 1 rings (SSSR count). The molecule has 0 spiro atoms. The first-order valence-electron chi connectivity index (χ1n) is 5.95. The lowest BCUT2D eigenvalue weighted by Gasteiger charge is -2.15. The predicted octanol–water partition coefficient (Wildman–Crippen LogP) is 2.00. The van der Waals surface area contributed by atoms with Crippen molar-refractivity contribution in [3.63, 3.8) is 0 Å². The SMILES string of the molecule is CCC(CC)Cn1c(C)nc(C(=O)OC)c1N. The van der Waals surface area contributed by atoms with Crippen molar-refractivity contribution in [1.29, 1.82) is 0 Å². The third-order valence-corrected chi connectivity index (χ3v) is 3.17. The van der Waals surface area contributed by atoms with Gasteiger partial charge in [-0.3, -0.25) is 0 Å². The number of methoxy groups -OCH3 is 1. The number of aromatic nitrogens is 2. The van der Waals surface area contributed by atoms with E-state index in [1.807, 2.05) is 11.5 Å². The smallest absolute Gasteiger partial charge is 0.360 e. The average Bonchev–Trinajstić information content (AvgIpc) is 2.61. The maximum atomic E-state index is 11.4. The monoisotopic (exact) mass is 239 g/mol. The summed E-state index contributed by atoms with van der Waals surface area (Å²) in [6, 6.07) is 0. The highest BCUT2D eigenvalue weighted by atomic mass is 16.5. The molecule has 0 aliphatic rings. The Morgan fingerprint density at radius 1 is 1.47 bits per heavy atom. The van der Waals surface area contributed by atoms with Crippen molar-refractivity contribution in [2.75, 3.05) is 12.8 Å². The second kappa shape index (κ2) is 5.70. The fourth-order valence-corrected chi connectivity index (χ4v) is 1.86. The minimum atomic E-state index is -0.478. The summed E-state index contributed by atoms with van der Waals surface area (Å²) in [5.74, 6) is 1.24. The third kappa shape index (κ3) is 2.78. The van der Waals surface area contributed by atoms with Crippen LogP contribution in [0.5, 0.6) is 0 Å². The molecule has 0 aliphatic heterocycles. The van der Waals surface area contributed by atoms with Crippen molar-refractivity contribution in [3.05, 3.63) is 11.5 Å². The Labute approximate surface area is 102 Å². The lowest BCUT2D eigenvalue weighted by atomic mass is 10.0. The van der Waals surface area contributed by atoms with Crippen LogP contribution in [0.4, 0.5) is 5.82 Å². The zero-order valence-electron chi connectivity index (χ0n) is 11.0. The highest BCUT2D eigenvalue weighted by Gasteiger charge is 2.20. The molecule has 5 heteroatoms. The van der Waals surface area contributed by atoms with Gasteiger partial charge >= 0.3 is 5.97 Å².